The summed E-state index contributed by atoms with van der Waals surface area (Å²) < 4.78 is 5.23. The van der Waals surface area contributed by atoms with E-state index < -0.39 is 0 Å². The van der Waals surface area contributed by atoms with E-state index in [2.05, 4.69) is 46.0 Å². The number of nitrogens with one attached hydrogen (secondary N) is 2. The summed E-state index contributed by atoms with van der Waals surface area (Å²) >= 11 is 0. The van der Waals surface area contributed by atoms with Gasteiger partial charge < -0.3 is 20.5 Å². The molecule has 5 nitrogen and oxygen atoms in total. The van der Waals surface area contributed by atoms with Crippen LogP contribution in [0.1, 0.15) is 42.7 Å². The van der Waals surface area contributed by atoms with E-state index in [1.54, 1.807) is 26.3 Å². The summed E-state index contributed by atoms with van der Waals surface area (Å²) in [5.41, 5.74) is 2.23. The van der Waals surface area contributed by atoms with E-state index in [0.29, 0.717) is 18.5 Å². The molecular weight excluding hydrogens is 465 g/mol. The van der Waals surface area contributed by atoms with Gasteiger partial charge in [-0.1, -0.05) is 30.3 Å². The third kappa shape index (κ3) is 6.02. The summed E-state index contributed by atoms with van der Waals surface area (Å²) in [5, 5.41) is 16.8. The second-order valence-electron chi connectivity index (χ2n) is 7.02. The van der Waals surface area contributed by atoms with Crippen molar-refractivity contribution in [2.75, 3.05) is 14.2 Å². The lowest BCUT2D eigenvalue weighted by Crippen LogP contribution is -2.44. The minimum Gasteiger partial charge on any atom is -0.508 e. The highest BCUT2D eigenvalue weighted by atomic mass is 127. The molecule has 0 bridgehead atoms. The van der Waals surface area contributed by atoms with Crippen molar-refractivity contribution >= 4 is 29.9 Å². The van der Waals surface area contributed by atoms with E-state index in [1.165, 1.54) is 18.4 Å². The standard InChI is InChI=1S/C22H29N3O2.HI/c1-23-22(24-15-18-14-20(27-2)12-13-21(18)26)25-19-10-8-17(9-11-19)16-6-4-3-5-7-16;/h3-7,12-14,17,19,26H,8-11,15H2,1-2H3,(H2,23,24,25);1H. The summed E-state index contributed by atoms with van der Waals surface area (Å²) in [7, 11) is 3.40. The average Bonchev–Trinajstić information content (AvgIpc) is 2.73. The number of aromatic hydroxyl groups is 1. The molecule has 152 valence electrons. The Morgan fingerprint density at radius 3 is 2.46 bits per heavy atom. The molecule has 3 N–H and O–H groups in total. The van der Waals surface area contributed by atoms with Gasteiger partial charge in [-0.05, 0) is 55.4 Å². The summed E-state index contributed by atoms with van der Waals surface area (Å²) in [6.45, 7) is 0.488. The Morgan fingerprint density at radius 1 is 1.11 bits per heavy atom. The molecule has 2 aromatic carbocycles. The van der Waals surface area contributed by atoms with Gasteiger partial charge in [0.25, 0.3) is 0 Å². The van der Waals surface area contributed by atoms with Crippen molar-refractivity contribution in [1.29, 1.82) is 0 Å². The summed E-state index contributed by atoms with van der Waals surface area (Å²) in [6.07, 6.45) is 4.64. The zero-order valence-corrected chi connectivity index (χ0v) is 18.9. The lowest BCUT2D eigenvalue weighted by molar-refractivity contribution is 0.371. The van der Waals surface area contributed by atoms with Gasteiger partial charge in [0.15, 0.2) is 5.96 Å². The monoisotopic (exact) mass is 495 g/mol. The van der Waals surface area contributed by atoms with Crippen molar-refractivity contribution in [3.05, 3.63) is 59.7 Å². The molecule has 0 atom stereocenters. The van der Waals surface area contributed by atoms with Gasteiger partial charge in [0.05, 0.1) is 7.11 Å². The predicted molar refractivity (Wildman–Crippen MR) is 125 cm³/mol. The molecule has 0 heterocycles. The van der Waals surface area contributed by atoms with Gasteiger partial charge in [-0.25, -0.2) is 0 Å². The molecule has 0 spiro atoms. The number of hydrogen-bond acceptors (Lipinski definition) is 3. The van der Waals surface area contributed by atoms with Crippen molar-refractivity contribution in [1.82, 2.24) is 10.6 Å². The number of nitrogens with zero attached hydrogens (tertiary/aromatic N) is 1. The van der Waals surface area contributed by atoms with Gasteiger partial charge in [-0.15, -0.1) is 24.0 Å². The van der Waals surface area contributed by atoms with Gasteiger partial charge in [0.2, 0.25) is 0 Å². The number of rotatable bonds is 5. The van der Waals surface area contributed by atoms with Crippen LogP contribution in [-0.2, 0) is 6.54 Å². The fourth-order valence-corrected chi connectivity index (χ4v) is 3.69. The van der Waals surface area contributed by atoms with Crippen LogP contribution in [0.4, 0.5) is 0 Å². The third-order valence-electron chi connectivity index (χ3n) is 5.30. The zero-order chi connectivity index (χ0) is 19.1. The first kappa shape index (κ1) is 22.3. The highest BCUT2D eigenvalue weighted by molar-refractivity contribution is 14.0. The number of methoxy groups -OCH3 is 1. The Kier molecular flexibility index (Phi) is 8.89. The number of hydrogen-bond donors (Lipinski definition) is 3. The number of guanidine groups is 1. The van der Waals surface area contributed by atoms with Crippen molar-refractivity contribution in [3.63, 3.8) is 0 Å². The number of ether oxygens (including phenoxy) is 1. The van der Waals surface area contributed by atoms with Crippen LogP contribution in [0.5, 0.6) is 11.5 Å². The first-order valence-electron chi connectivity index (χ1n) is 9.57. The molecule has 28 heavy (non-hydrogen) atoms. The Bertz CT molecular complexity index is 760. The number of phenols is 1. The fourth-order valence-electron chi connectivity index (χ4n) is 3.69. The van der Waals surface area contributed by atoms with E-state index in [4.69, 9.17) is 4.74 Å². The van der Waals surface area contributed by atoms with Crippen LogP contribution in [0, 0.1) is 0 Å². The Morgan fingerprint density at radius 2 is 1.82 bits per heavy atom. The Labute approximate surface area is 184 Å². The second-order valence-corrected chi connectivity index (χ2v) is 7.02. The molecule has 0 aliphatic heterocycles. The molecule has 3 rings (SSSR count). The second kappa shape index (κ2) is 11.1. The van der Waals surface area contributed by atoms with Crippen LogP contribution in [0.3, 0.4) is 0 Å². The molecule has 0 saturated heterocycles. The van der Waals surface area contributed by atoms with Crippen LogP contribution in [0.15, 0.2) is 53.5 Å². The molecule has 1 aliphatic carbocycles. The lowest BCUT2D eigenvalue weighted by Gasteiger charge is -2.30. The first-order valence-corrected chi connectivity index (χ1v) is 9.57. The molecule has 1 aliphatic rings. The van der Waals surface area contributed by atoms with E-state index >= 15 is 0 Å². The van der Waals surface area contributed by atoms with E-state index in [0.717, 1.165) is 30.1 Å². The number of phenolic OH excluding ortho intramolecular Hbond substituents is 1. The smallest absolute Gasteiger partial charge is 0.191 e. The first-order chi connectivity index (χ1) is 13.2. The average molecular weight is 495 g/mol. The highest BCUT2D eigenvalue weighted by Gasteiger charge is 2.22. The molecule has 0 unspecified atom stereocenters. The molecular formula is C22H30IN3O2. The van der Waals surface area contributed by atoms with Gasteiger partial charge >= 0.3 is 0 Å². The van der Waals surface area contributed by atoms with Crippen LogP contribution in [-0.4, -0.2) is 31.3 Å². The molecule has 2 aromatic rings. The van der Waals surface area contributed by atoms with Gasteiger partial charge in [-0.2, -0.15) is 0 Å². The van der Waals surface area contributed by atoms with Crippen molar-refractivity contribution in [2.45, 2.75) is 44.2 Å². The lowest BCUT2D eigenvalue weighted by atomic mass is 9.82. The maximum Gasteiger partial charge on any atom is 0.191 e. The van der Waals surface area contributed by atoms with Gasteiger partial charge in [0, 0.05) is 25.2 Å². The maximum absolute atomic E-state index is 10.0. The summed E-state index contributed by atoms with van der Waals surface area (Å²) in [4.78, 5) is 4.33. The van der Waals surface area contributed by atoms with Crippen molar-refractivity contribution in [3.8, 4) is 11.5 Å². The topological polar surface area (TPSA) is 65.9 Å². The number of aliphatic imine (C=N–C) groups is 1. The molecule has 0 radical (unpaired) electrons. The van der Waals surface area contributed by atoms with Crippen molar-refractivity contribution in [2.24, 2.45) is 4.99 Å². The van der Waals surface area contributed by atoms with Crippen LogP contribution in [0.25, 0.3) is 0 Å². The predicted octanol–water partition coefficient (Wildman–Crippen LogP) is 4.41. The number of benzene rings is 2. The van der Waals surface area contributed by atoms with Crippen LogP contribution in [0.2, 0.25) is 0 Å². The zero-order valence-electron chi connectivity index (χ0n) is 16.5. The normalized spacial score (nSPS) is 19.4. The minimum atomic E-state index is 0. The molecule has 6 heteroatoms. The maximum atomic E-state index is 10.0. The van der Waals surface area contributed by atoms with Crippen LogP contribution >= 0.6 is 24.0 Å². The highest BCUT2D eigenvalue weighted by Crippen LogP contribution is 2.32. The van der Waals surface area contributed by atoms with E-state index in [1.807, 2.05) is 6.07 Å². The van der Waals surface area contributed by atoms with Gasteiger partial charge in [-0.3, -0.25) is 4.99 Å². The molecule has 0 aromatic heterocycles. The largest absolute Gasteiger partial charge is 0.508 e. The van der Waals surface area contributed by atoms with Crippen LogP contribution < -0.4 is 15.4 Å². The van der Waals surface area contributed by atoms with Gasteiger partial charge in [0.1, 0.15) is 11.5 Å². The van der Waals surface area contributed by atoms with E-state index in [-0.39, 0.29) is 29.7 Å². The Hall–Kier alpha value is -1.96. The SMILES string of the molecule is CN=C(NCc1cc(OC)ccc1O)NC1CCC(c2ccccc2)CC1.I. The molecule has 0 amide bonds. The summed E-state index contributed by atoms with van der Waals surface area (Å²) in [6, 6.07) is 16.5. The quantitative estimate of drug-likeness (QED) is 0.327. The van der Waals surface area contributed by atoms with Crippen molar-refractivity contribution < 1.29 is 9.84 Å². The minimum absolute atomic E-state index is 0. The molecule has 1 saturated carbocycles. The fraction of sp³-hybridized carbons (Fsp3) is 0.409. The summed E-state index contributed by atoms with van der Waals surface area (Å²) in [5.74, 6) is 2.40. The van der Waals surface area contributed by atoms with E-state index in [9.17, 15) is 5.11 Å². The Balaban J connectivity index is 0.00000280. The third-order valence-corrected chi connectivity index (χ3v) is 5.30. The number of halogens is 1. The molecule has 1 fully saturated rings.